The van der Waals surface area contributed by atoms with Crippen molar-refractivity contribution in [3.8, 4) is 0 Å². The molecule has 0 spiro atoms. The van der Waals surface area contributed by atoms with Crippen molar-refractivity contribution in [1.29, 1.82) is 0 Å². The topological polar surface area (TPSA) is 76.4 Å². The van der Waals surface area contributed by atoms with E-state index in [0.29, 0.717) is 12.1 Å². The summed E-state index contributed by atoms with van der Waals surface area (Å²) in [4.78, 5) is 0. The minimum atomic E-state index is 0.108. The molecule has 2 aromatic rings. The summed E-state index contributed by atoms with van der Waals surface area (Å²) in [5, 5.41) is 16.3. The number of nitrogens with zero attached hydrogens (tertiary/aromatic N) is 3. The van der Waals surface area contributed by atoms with Crippen LogP contribution in [0.3, 0.4) is 0 Å². The lowest BCUT2D eigenvalue weighted by atomic mass is 10.1. The number of amidine groups is 1. The number of aromatic nitrogens is 2. The normalized spacial score (nSPS) is 11.8. The highest BCUT2D eigenvalue weighted by Gasteiger charge is 2.12. The Labute approximate surface area is 119 Å². The Balaban J connectivity index is 2.41. The van der Waals surface area contributed by atoms with Gasteiger partial charge in [0.1, 0.15) is 0 Å². The van der Waals surface area contributed by atoms with Crippen LogP contribution in [0.1, 0.15) is 22.5 Å². The standard InChI is InChI=1S/C13H15BrN4O/c1-8-12(14)9(2)18(16-8)7-10-5-3-4-6-11(10)13(15)17-19/h3-6,19H,7H2,1-2H3,(H2,15,17). The zero-order valence-electron chi connectivity index (χ0n) is 10.8. The van der Waals surface area contributed by atoms with E-state index in [0.717, 1.165) is 21.4 Å². The Kier molecular flexibility index (Phi) is 3.90. The van der Waals surface area contributed by atoms with Crippen molar-refractivity contribution in [2.45, 2.75) is 20.4 Å². The van der Waals surface area contributed by atoms with Crippen molar-refractivity contribution in [2.75, 3.05) is 0 Å². The average Bonchev–Trinajstić information content (AvgIpc) is 2.66. The van der Waals surface area contributed by atoms with Crippen LogP contribution >= 0.6 is 15.9 Å². The Hall–Kier alpha value is -1.82. The van der Waals surface area contributed by atoms with Gasteiger partial charge < -0.3 is 10.9 Å². The number of oxime groups is 1. The van der Waals surface area contributed by atoms with Gasteiger partial charge in [0.2, 0.25) is 0 Å². The maximum Gasteiger partial charge on any atom is 0.170 e. The molecule has 0 aliphatic heterocycles. The van der Waals surface area contributed by atoms with E-state index in [1.807, 2.05) is 42.8 Å². The summed E-state index contributed by atoms with van der Waals surface area (Å²) in [5.41, 5.74) is 9.35. The summed E-state index contributed by atoms with van der Waals surface area (Å²) in [6.45, 7) is 4.52. The van der Waals surface area contributed by atoms with Crippen LogP contribution in [0.2, 0.25) is 0 Å². The van der Waals surface area contributed by atoms with Crippen LogP contribution in [0.25, 0.3) is 0 Å². The van der Waals surface area contributed by atoms with E-state index in [2.05, 4.69) is 26.2 Å². The summed E-state index contributed by atoms with van der Waals surface area (Å²) in [5.74, 6) is 0.108. The number of benzene rings is 1. The van der Waals surface area contributed by atoms with Gasteiger partial charge in [-0.3, -0.25) is 4.68 Å². The number of hydrogen-bond donors (Lipinski definition) is 2. The van der Waals surface area contributed by atoms with Gasteiger partial charge in [-0.15, -0.1) is 0 Å². The molecule has 1 aromatic heterocycles. The molecule has 5 nitrogen and oxygen atoms in total. The van der Waals surface area contributed by atoms with Crippen LogP contribution in [0, 0.1) is 13.8 Å². The Bertz CT molecular complexity index is 634. The molecular weight excluding hydrogens is 308 g/mol. The Morgan fingerprint density at radius 2 is 2.11 bits per heavy atom. The minimum absolute atomic E-state index is 0.108. The largest absolute Gasteiger partial charge is 0.409 e. The fourth-order valence-corrected chi connectivity index (χ4v) is 2.24. The third kappa shape index (κ3) is 2.63. The zero-order valence-corrected chi connectivity index (χ0v) is 12.3. The molecule has 100 valence electrons. The molecule has 0 bridgehead atoms. The average molecular weight is 323 g/mol. The summed E-state index contributed by atoms with van der Waals surface area (Å²) >= 11 is 3.50. The van der Waals surface area contributed by atoms with Crippen LogP contribution in [0.5, 0.6) is 0 Å². The molecule has 0 saturated carbocycles. The third-order valence-electron chi connectivity index (χ3n) is 3.01. The van der Waals surface area contributed by atoms with Gasteiger partial charge in [0, 0.05) is 5.56 Å². The lowest BCUT2D eigenvalue weighted by molar-refractivity contribution is 0.318. The molecule has 2 rings (SSSR count). The summed E-state index contributed by atoms with van der Waals surface area (Å²) in [7, 11) is 0. The fourth-order valence-electron chi connectivity index (χ4n) is 1.95. The quantitative estimate of drug-likeness (QED) is 0.394. The van der Waals surface area contributed by atoms with Crippen molar-refractivity contribution in [3.05, 3.63) is 51.3 Å². The first-order valence-corrected chi connectivity index (χ1v) is 6.59. The van der Waals surface area contributed by atoms with E-state index in [1.54, 1.807) is 0 Å². The molecular formula is C13H15BrN4O. The molecule has 0 fully saturated rings. The fraction of sp³-hybridized carbons (Fsp3) is 0.231. The number of halogens is 1. The van der Waals surface area contributed by atoms with Gasteiger partial charge in [-0.2, -0.15) is 5.10 Å². The van der Waals surface area contributed by atoms with Crippen LogP contribution < -0.4 is 5.73 Å². The second kappa shape index (κ2) is 5.44. The van der Waals surface area contributed by atoms with E-state index < -0.39 is 0 Å². The van der Waals surface area contributed by atoms with Gasteiger partial charge >= 0.3 is 0 Å². The van der Waals surface area contributed by atoms with Crippen LogP contribution in [0.4, 0.5) is 0 Å². The highest BCUT2D eigenvalue weighted by Crippen LogP contribution is 2.21. The molecule has 0 radical (unpaired) electrons. The summed E-state index contributed by atoms with van der Waals surface area (Å²) in [6, 6.07) is 7.54. The molecule has 0 aliphatic rings. The van der Waals surface area contributed by atoms with Gasteiger partial charge in [-0.1, -0.05) is 29.4 Å². The van der Waals surface area contributed by atoms with Gasteiger partial charge in [-0.25, -0.2) is 0 Å². The highest BCUT2D eigenvalue weighted by molar-refractivity contribution is 9.10. The maximum absolute atomic E-state index is 8.81. The molecule has 0 unspecified atom stereocenters. The molecule has 3 N–H and O–H groups in total. The minimum Gasteiger partial charge on any atom is -0.409 e. The zero-order chi connectivity index (χ0) is 14.0. The van der Waals surface area contributed by atoms with Crippen molar-refractivity contribution in [3.63, 3.8) is 0 Å². The molecule has 0 saturated heterocycles. The SMILES string of the molecule is Cc1nn(Cc2ccccc2C(N)=NO)c(C)c1Br. The Morgan fingerprint density at radius 3 is 2.68 bits per heavy atom. The van der Waals surface area contributed by atoms with E-state index in [1.165, 1.54) is 0 Å². The monoisotopic (exact) mass is 322 g/mol. The maximum atomic E-state index is 8.81. The first kappa shape index (κ1) is 13.6. The lowest BCUT2D eigenvalue weighted by Crippen LogP contribution is -2.17. The van der Waals surface area contributed by atoms with E-state index in [4.69, 9.17) is 10.9 Å². The number of nitrogens with two attached hydrogens (primary N) is 1. The first-order chi connectivity index (χ1) is 9.04. The second-order valence-electron chi connectivity index (χ2n) is 4.28. The van der Waals surface area contributed by atoms with Crippen LogP contribution in [-0.4, -0.2) is 20.8 Å². The third-order valence-corrected chi connectivity index (χ3v) is 4.16. The van der Waals surface area contributed by atoms with Gasteiger partial charge in [0.25, 0.3) is 0 Å². The summed E-state index contributed by atoms with van der Waals surface area (Å²) in [6.07, 6.45) is 0. The van der Waals surface area contributed by atoms with Gasteiger partial charge in [-0.05, 0) is 35.3 Å². The molecule has 1 heterocycles. The van der Waals surface area contributed by atoms with E-state index in [-0.39, 0.29) is 5.84 Å². The lowest BCUT2D eigenvalue weighted by Gasteiger charge is -2.09. The number of rotatable bonds is 3. The molecule has 0 aliphatic carbocycles. The second-order valence-corrected chi connectivity index (χ2v) is 5.08. The molecule has 1 aromatic carbocycles. The van der Waals surface area contributed by atoms with Crippen LogP contribution in [0.15, 0.2) is 33.9 Å². The summed E-state index contributed by atoms with van der Waals surface area (Å²) < 4.78 is 2.90. The molecule has 0 atom stereocenters. The predicted molar refractivity (Wildman–Crippen MR) is 77.5 cm³/mol. The highest BCUT2D eigenvalue weighted by atomic mass is 79.9. The van der Waals surface area contributed by atoms with Crippen molar-refractivity contribution in [2.24, 2.45) is 10.9 Å². The van der Waals surface area contributed by atoms with Crippen molar-refractivity contribution < 1.29 is 5.21 Å². The molecule has 6 heteroatoms. The van der Waals surface area contributed by atoms with Gasteiger partial charge in [0.15, 0.2) is 5.84 Å². The molecule has 19 heavy (non-hydrogen) atoms. The Morgan fingerprint density at radius 1 is 1.42 bits per heavy atom. The van der Waals surface area contributed by atoms with Crippen LogP contribution in [-0.2, 0) is 6.54 Å². The molecule has 0 amide bonds. The number of hydrogen-bond acceptors (Lipinski definition) is 3. The first-order valence-electron chi connectivity index (χ1n) is 5.80. The van der Waals surface area contributed by atoms with E-state index in [9.17, 15) is 0 Å². The number of aryl methyl sites for hydroxylation is 1. The van der Waals surface area contributed by atoms with Crippen molar-refractivity contribution in [1.82, 2.24) is 9.78 Å². The van der Waals surface area contributed by atoms with Gasteiger partial charge in [0.05, 0.1) is 22.4 Å². The van der Waals surface area contributed by atoms with E-state index >= 15 is 0 Å². The smallest absolute Gasteiger partial charge is 0.170 e. The van der Waals surface area contributed by atoms with Crippen molar-refractivity contribution >= 4 is 21.8 Å². The predicted octanol–water partition coefficient (Wildman–Crippen LogP) is 2.41.